The lowest BCUT2D eigenvalue weighted by Gasteiger charge is -2.17. The molecule has 9 nitrogen and oxygen atoms in total. The first-order valence-electron chi connectivity index (χ1n) is 6.76. The zero-order valence-electron chi connectivity index (χ0n) is 12.1. The largest absolute Gasteiger partial charge is 0.325 e. The zero-order chi connectivity index (χ0) is 17.4. The highest BCUT2D eigenvalue weighted by molar-refractivity contribution is 7.52. The Balaban J connectivity index is 4.27. The van der Waals surface area contributed by atoms with Crippen molar-refractivity contribution in [2.45, 2.75) is 38.5 Å². The Kier molecular flexibility index (Phi) is 9.87. The minimum Gasteiger partial charge on any atom is -0.324 e. The molecule has 22 heavy (non-hydrogen) atoms. The van der Waals surface area contributed by atoms with E-state index < -0.39 is 22.8 Å². The second-order valence-corrected chi connectivity index (χ2v) is 10.6. The van der Waals surface area contributed by atoms with E-state index >= 15 is 0 Å². The summed E-state index contributed by atoms with van der Waals surface area (Å²) in [4.78, 5) is 52.8. The summed E-state index contributed by atoms with van der Waals surface area (Å²) in [5.41, 5.74) is 0. The van der Waals surface area contributed by atoms with Gasteiger partial charge in [0.2, 0.25) is 0 Å². The highest BCUT2D eigenvalue weighted by Gasteiger charge is 2.19. The van der Waals surface area contributed by atoms with Gasteiger partial charge in [-0.1, -0.05) is 0 Å². The van der Waals surface area contributed by atoms with E-state index in [0.717, 1.165) is 5.92 Å². The Morgan fingerprint density at radius 3 is 0.955 bits per heavy atom. The molecule has 12 heteroatoms. The van der Waals surface area contributed by atoms with Crippen LogP contribution in [-0.4, -0.2) is 47.8 Å². The minimum atomic E-state index is -4.09. The van der Waals surface area contributed by atoms with Gasteiger partial charge in [0.25, 0.3) is 0 Å². The van der Waals surface area contributed by atoms with Gasteiger partial charge in [-0.3, -0.25) is 13.7 Å². The third kappa shape index (κ3) is 16.8. The topological polar surface area (TPSA) is 173 Å². The molecule has 133 valence electrons. The fraction of sp³-hybridized carbons (Fsp3) is 0.900. The first-order chi connectivity index (χ1) is 9.79. The van der Waals surface area contributed by atoms with Gasteiger partial charge in [-0.25, -0.2) is 0 Å². The van der Waals surface area contributed by atoms with Crippen molar-refractivity contribution in [3.8, 4) is 0 Å². The van der Waals surface area contributed by atoms with Gasteiger partial charge < -0.3 is 29.4 Å². The first-order valence-corrected chi connectivity index (χ1v) is 12.1. The quantitative estimate of drug-likeness (QED) is 0.273. The van der Waals surface area contributed by atoms with E-state index in [4.69, 9.17) is 29.4 Å². The van der Waals surface area contributed by atoms with Gasteiger partial charge in [-0.2, -0.15) is 0 Å². The molecular formula is C10H24O9P3. The van der Waals surface area contributed by atoms with Gasteiger partial charge >= 0.3 is 22.8 Å². The summed E-state index contributed by atoms with van der Waals surface area (Å²) in [5, 5.41) is 0. The van der Waals surface area contributed by atoms with Gasteiger partial charge in [0, 0.05) is 18.5 Å². The fourth-order valence-corrected chi connectivity index (χ4v) is 3.69. The average molecular weight is 381 g/mol. The molecule has 0 heterocycles. The maximum atomic E-state index is 10.8. The van der Waals surface area contributed by atoms with Crippen LogP contribution in [0.4, 0.5) is 0 Å². The van der Waals surface area contributed by atoms with Gasteiger partial charge in [-0.05, 0) is 44.4 Å². The van der Waals surface area contributed by atoms with Crippen LogP contribution >= 0.6 is 22.8 Å². The molecule has 0 spiro atoms. The lowest BCUT2D eigenvalue weighted by Crippen LogP contribution is -2.03. The van der Waals surface area contributed by atoms with E-state index in [1.54, 1.807) is 0 Å². The van der Waals surface area contributed by atoms with Crippen molar-refractivity contribution in [1.82, 2.24) is 0 Å². The molecule has 0 saturated carbocycles. The normalized spacial score (nSPS) is 13.8. The van der Waals surface area contributed by atoms with E-state index in [2.05, 4.69) is 0 Å². The number of rotatable bonds is 12. The molecule has 0 aromatic carbocycles. The molecule has 0 aromatic heterocycles. The first kappa shape index (κ1) is 22.4. The molecule has 6 N–H and O–H groups in total. The van der Waals surface area contributed by atoms with Gasteiger partial charge in [0.05, 0.1) is 0 Å². The molecule has 0 rings (SSSR count). The second kappa shape index (κ2) is 9.67. The van der Waals surface area contributed by atoms with Crippen molar-refractivity contribution in [1.29, 1.82) is 0 Å². The van der Waals surface area contributed by atoms with Gasteiger partial charge in [0.1, 0.15) is 0 Å². The van der Waals surface area contributed by atoms with Crippen LogP contribution in [0.3, 0.4) is 0 Å². The fourth-order valence-electron chi connectivity index (χ4n) is 1.98. The molecule has 0 saturated heterocycles. The summed E-state index contributed by atoms with van der Waals surface area (Å²) >= 11 is 0. The Bertz CT molecular complexity index is 382. The van der Waals surface area contributed by atoms with Crippen LogP contribution in [0.2, 0.25) is 0 Å². The molecule has 0 amide bonds. The second-order valence-electron chi connectivity index (χ2n) is 5.23. The summed E-state index contributed by atoms with van der Waals surface area (Å²) in [6, 6.07) is 0. The van der Waals surface area contributed by atoms with Crippen LogP contribution in [-0.2, 0) is 13.7 Å². The van der Waals surface area contributed by atoms with Crippen molar-refractivity contribution >= 4 is 22.8 Å². The zero-order valence-corrected chi connectivity index (χ0v) is 14.8. The highest BCUT2D eigenvalue weighted by Crippen LogP contribution is 2.40. The van der Waals surface area contributed by atoms with Crippen LogP contribution in [0, 0.1) is 5.92 Å². The molecule has 0 fully saturated rings. The Morgan fingerprint density at radius 2 is 0.773 bits per heavy atom. The van der Waals surface area contributed by atoms with E-state index in [9.17, 15) is 13.7 Å². The van der Waals surface area contributed by atoms with Crippen molar-refractivity contribution in [3.05, 3.63) is 5.92 Å². The average Bonchev–Trinajstić information content (AvgIpc) is 2.23. The Labute approximate surface area is 129 Å². The standard InChI is InChI=1S/C10H24O9P3/c11-20(12,13)7-1-4-10(5-2-8-21(14,15)16)6-3-9-22(17,18)19/h1-9H2,(H2,11,12,13)(H2,14,15,16)(H2,17,18,19). The third-order valence-electron chi connectivity index (χ3n) is 2.94. The number of hydrogen-bond donors (Lipinski definition) is 6. The monoisotopic (exact) mass is 381 g/mol. The van der Waals surface area contributed by atoms with Crippen LogP contribution in [0.5, 0.6) is 0 Å². The highest BCUT2D eigenvalue weighted by atomic mass is 31.2. The maximum absolute atomic E-state index is 10.8. The Morgan fingerprint density at radius 1 is 0.545 bits per heavy atom. The summed E-state index contributed by atoms with van der Waals surface area (Å²) in [7, 11) is -12.3. The maximum Gasteiger partial charge on any atom is 0.325 e. The SMILES string of the molecule is O=P(O)(O)CCC[C](CCCP(=O)(O)O)CCCP(=O)(O)O. The van der Waals surface area contributed by atoms with E-state index in [1.165, 1.54) is 0 Å². The van der Waals surface area contributed by atoms with E-state index in [1.807, 2.05) is 0 Å². The molecule has 0 unspecified atom stereocenters. The summed E-state index contributed by atoms with van der Waals surface area (Å²) in [5.74, 6) is 0.815. The van der Waals surface area contributed by atoms with Crippen LogP contribution < -0.4 is 0 Å². The van der Waals surface area contributed by atoms with Crippen LogP contribution in [0.25, 0.3) is 0 Å². The van der Waals surface area contributed by atoms with Crippen molar-refractivity contribution in [2.75, 3.05) is 18.5 Å². The third-order valence-corrected chi connectivity index (χ3v) is 5.64. The van der Waals surface area contributed by atoms with Gasteiger partial charge in [0.15, 0.2) is 0 Å². The molecular weight excluding hydrogens is 357 g/mol. The lowest BCUT2D eigenvalue weighted by molar-refractivity contribution is 0.370. The lowest BCUT2D eigenvalue weighted by atomic mass is 9.94. The van der Waals surface area contributed by atoms with Crippen LogP contribution in [0.1, 0.15) is 38.5 Å². The van der Waals surface area contributed by atoms with Crippen molar-refractivity contribution in [3.63, 3.8) is 0 Å². The predicted molar refractivity (Wildman–Crippen MR) is 81.7 cm³/mol. The van der Waals surface area contributed by atoms with Gasteiger partial charge in [-0.15, -0.1) is 0 Å². The minimum absolute atomic E-state index is 0.228. The molecule has 0 aliphatic carbocycles. The summed E-state index contributed by atoms with van der Waals surface area (Å²) < 4.78 is 32.3. The molecule has 0 aliphatic rings. The molecule has 0 atom stereocenters. The molecule has 1 radical (unpaired) electrons. The van der Waals surface area contributed by atoms with E-state index in [0.29, 0.717) is 19.3 Å². The van der Waals surface area contributed by atoms with Crippen molar-refractivity contribution < 1.29 is 43.1 Å². The number of hydrogen-bond acceptors (Lipinski definition) is 3. The van der Waals surface area contributed by atoms with E-state index in [-0.39, 0.29) is 37.7 Å². The predicted octanol–water partition coefficient (Wildman–Crippen LogP) is 1.43. The summed E-state index contributed by atoms with van der Waals surface area (Å²) in [6.07, 6.45) is 0.936. The van der Waals surface area contributed by atoms with Crippen LogP contribution in [0.15, 0.2) is 0 Å². The smallest absolute Gasteiger partial charge is 0.324 e. The van der Waals surface area contributed by atoms with Crippen molar-refractivity contribution in [2.24, 2.45) is 0 Å². The Hall–Kier alpha value is 0.450. The summed E-state index contributed by atoms with van der Waals surface area (Å²) in [6.45, 7) is 0. The molecule has 0 bridgehead atoms. The molecule has 0 aliphatic heterocycles. The molecule has 0 aromatic rings.